The second-order valence-electron chi connectivity index (χ2n) is 3.81. The zero-order valence-electron chi connectivity index (χ0n) is 10.7. The molecule has 88 valence electrons. The van der Waals surface area contributed by atoms with E-state index >= 15 is 0 Å². The van der Waals surface area contributed by atoms with E-state index in [1.165, 1.54) is 5.56 Å². The molecule has 0 heterocycles. The van der Waals surface area contributed by atoms with Gasteiger partial charge in [-0.1, -0.05) is 48.6 Å². The molecule has 0 aliphatic carbocycles. The van der Waals surface area contributed by atoms with Crippen LogP contribution in [0.4, 0.5) is 5.69 Å². The standard InChI is InChI=1S/C16H19N/c1-4-5-6-7-8-12-15(3)17-16-13-10-9-11-14(16)2/h4-13H,1-3H3/b5-4-,7-6-,12-8+,17-15?. The van der Waals surface area contributed by atoms with Crippen LogP contribution in [0.15, 0.2) is 65.7 Å². The van der Waals surface area contributed by atoms with Crippen molar-refractivity contribution in [3.8, 4) is 0 Å². The van der Waals surface area contributed by atoms with Crippen molar-refractivity contribution < 1.29 is 0 Å². The van der Waals surface area contributed by atoms with Gasteiger partial charge in [0.2, 0.25) is 0 Å². The Morgan fingerprint density at radius 1 is 1.06 bits per heavy atom. The third-order valence-electron chi connectivity index (χ3n) is 2.28. The van der Waals surface area contributed by atoms with Gasteiger partial charge in [0.15, 0.2) is 0 Å². The summed E-state index contributed by atoms with van der Waals surface area (Å²) < 4.78 is 0. The molecule has 0 saturated heterocycles. The summed E-state index contributed by atoms with van der Waals surface area (Å²) in [7, 11) is 0. The number of para-hydroxylation sites is 1. The summed E-state index contributed by atoms with van der Waals surface area (Å²) in [5, 5.41) is 0. The van der Waals surface area contributed by atoms with Crippen LogP contribution in [0, 0.1) is 6.92 Å². The van der Waals surface area contributed by atoms with Crippen LogP contribution < -0.4 is 0 Å². The third-order valence-corrected chi connectivity index (χ3v) is 2.28. The number of aliphatic imine (C=N–C) groups is 1. The Bertz CT molecular complexity index is 462. The van der Waals surface area contributed by atoms with Crippen molar-refractivity contribution in [3.05, 3.63) is 66.3 Å². The molecule has 0 aliphatic rings. The Morgan fingerprint density at radius 3 is 2.47 bits per heavy atom. The number of aryl methyl sites for hydroxylation is 1. The van der Waals surface area contributed by atoms with E-state index < -0.39 is 0 Å². The molecule has 0 aromatic heterocycles. The number of benzene rings is 1. The van der Waals surface area contributed by atoms with E-state index in [0.29, 0.717) is 0 Å². The first-order valence-electron chi connectivity index (χ1n) is 5.81. The molecule has 0 fully saturated rings. The van der Waals surface area contributed by atoms with Crippen LogP contribution in [0.3, 0.4) is 0 Å². The van der Waals surface area contributed by atoms with Gasteiger partial charge in [0.05, 0.1) is 5.69 Å². The Balaban J connectivity index is 2.70. The van der Waals surface area contributed by atoms with Gasteiger partial charge in [-0.2, -0.15) is 0 Å². The molecule has 17 heavy (non-hydrogen) atoms. The molecular weight excluding hydrogens is 206 g/mol. The fourth-order valence-corrected chi connectivity index (χ4v) is 1.35. The Kier molecular flexibility index (Phi) is 5.73. The summed E-state index contributed by atoms with van der Waals surface area (Å²) in [6, 6.07) is 8.14. The minimum atomic E-state index is 1.00. The van der Waals surface area contributed by atoms with Crippen molar-refractivity contribution in [2.75, 3.05) is 0 Å². The zero-order valence-corrected chi connectivity index (χ0v) is 10.7. The van der Waals surface area contributed by atoms with E-state index in [1.807, 2.05) is 68.5 Å². The molecule has 1 nitrogen and oxygen atoms in total. The summed E-state index contributed by atoms with van der Waals surface area (Å²) in [4.78, 5) is 4.55. The molecular formula is C16H19N. The molecule has 0 atom stereocenters. The van der Waals surface area contributed by atoms with Gasteiger partial charge in [-0.3, -0.25) is 4.99 Å². The third kappa shape index (κ3) is 5.12. The summed E-state index contributed by atoms with van der Waals surface area (Å²) in [6.45, 7) is 6.08. The summed E-state index contributed by atoms with van der Waals surface area (Å²) >= 11 is 0. The number of hydrogen-bond acceptors (Lipinski definition) is 1. The van der Waals surface area contributed by atoms with Crippen molar-refractivity contribution >= 4 is 11.4 Å². The first-order chi connectivity index (χ1) is 8.24. The molecule has 1 rings (SSSR count). The molecule has 1 aromatic rings. The van der Waals surface area contributed by atoms with Crippen LogP contribution in [0.5, 0.6) is 0 Å². The fraction of sp³-hybridized carbons (Fsp3) is 0.188. The van der Waals surface area contributed by atoms with E-state index in [1.54, 1.807) is 0 Å². The molecule has 1 heteroatoms. The maximum Gasteiger partial charge on any atom is 0.0661 e. The maximum atomic E-state index is 4.55. The van der Waals surface area contributed by atoms with Crippen LogP contribution in [0.2, 0.25) is 0 Å². The van der Waals surface area contributed by atoms with Gasteiger partial charge in [0.25, 0.3) is 0 Å². The largest absolute Gasteiger partial charge is 0.253 e. The summed E-state index contributed by atoms with van der Waals surface area (Å²) in [5.74, 6) is 0. The number of rotatable bonds is 4. The second kappa shape index (κ2) is 7.39. The highest BCUT2D eigenvalue weighted by Gasteiger charge is 1.93. The molecule has 1 aromatic carbocycles. The van der Waals surface area contributed by atoms with E-state index in [-0.39, 0.29) is 0 Å². The van der Waals surface area contributed by atoms with Gasteiger partial charge in [-0.15, -0.1) is 0 Å². The van der Waals surface area contributed by atoms with Gasteiger partial charge in [0, 0.05) is 5.71 Å². The molecule has 0 unspecified atom stereocenters. The predicted molar refractivity (Wildman–Crippen MR) is 77.0 cm³/mol. The van der Waals surface area contributed by atoms with E-state index in [9.17, 15) is 0 Å². The van der Waals surface area contributed by atoms with Crippen LogP contribution in [0.25, 0.3) is 0 Å². The topological polar surface area (TPSA) is 12.4 Å². The van der Waals surface area contributed by atoms with Crippen LogP contribution in [-0.2, 0) is 0 Å². The van der Waals surface area contributed by atoms with Gasteiger partial charge < -0.3 is 0 Å². The molecule has 0 N–H and O–H groups in total. The van der Waals surface area contributed by atoms with Crippen LogP contribution in [0.1, 0.15) is 19.4 Å². The normalized spacial score (nSPS) is 13.2. The van der Waals surface area contributed by atoms with Crippen molar-refractivity contribution in [1.82, 2.24) is 0 Å². The highest BCUT2D eigenvalue weighted by Crippen LogP contribution is 2.17. The second-order valence-corrected chi connectivity index (χ2v) is 3.81. The average molecular weight is 225 g/mol. The van der Waals surface area contributed by atoms with Crippen molar-refractivity contribution in [1.29, 1.82) is 0 Å². The van der Waals surface area contributed by atoms with Crippen LogP contribution in [-0.4, -0.2) is 5.71 Å². The fourth-order valence-electron chi connectivity index (χ4n) is 1.35. The Labute approximate surface area is 104 Å². The van der Waals surface area contributed by atoms with Crippen molar-refractivity contribution in [2.45, 2.75) is 20.8 Å². The minimum absolute atomic E-state index is 1.00. The molecule has 0 bridgehead atoms. The van der Waals surface area contributed by atoms with E-state index in [0.717, 1.165) is 11.4 Å². The van der Waals surface area contributed by atoms with Gasteiger partial charge in [-0.05, 0) is 38.5 Å². The zero-order chi connectivity index (χ0) is 12.5. The lowest BCUT2D eigenvalue weighted by Crippen LogP contribution is -1.83. The molecule has 0 aliphatic heterocycles. The Hall–Kier alpha value is -1.89. The lowest BCUT2D eigenvalue weighted by atomic mass is 10.2. The summed E-state index contributed by atoms with van der Waals surface area (Å²) in [5.41, 5.74) is 3.24. The van der Waals surface area contributed by atoms with Crippen LogP contribution >= 0.6 is 0 Å². The molecule has 0 saturated carbocycles. The van der Waals surface area contributed by atoms with Gasteiger partial charge in [-0.25, -0.2) is 0 Å². The quantitative estimate of drug-likeness (QED) is 0.516. The molecule has 0 radical (unpaired) electrons. The number of hydrogen-bond donors (Lipinski definition) is 0. The smallest absolute Gasteiger partial charge is 0.0661 e. The van der Waals surface area contributed by atoms with E-state index in [4.69, 9.17) is 0 Å². The van der Waals surface area contributed by atoms with Gasteiger partial charge >= 0.3 is 0 Å². The maximum absolute atomic E-state index is 4.55. The van der Waals surface area contributed by atoms with Crippen molar-refractivity contribution in [2.24, 2.45) is 4.99 Å². The predicted octanol–water partition coefficient (Wildman–Crippen LogP) is 4.78. The van der Waals surface area contributed by atoms with Crippen molar-refractivity contribution in [3.63, 3.8) is 0 Å². The molecule has 0 spiro atoms. The van der Waals surface area contributed by atoms with Gasteiger partial charge in [0.1, 0.15) is 0 Å². The highest BCUT2D eigenvalue weighted by molar-refractivity contribution is 5.95. The monoisotopic (exact) mass is 225 g/mol. The lowest BCUT2D eigenvalue weighted by Gasteiger charge is -1.99. The lowest BCUT2D eigenvalue weighted by molar-refractivity contribution is 1.39. The van der Waals surface area contributed by atoms with E-state index in [2.05, 4.69) is 18.0 Å². The average Bonchev–Trinajstić information content (AvgIpc) is 2.32. The highest BCUT2D eigenvalue weighted by atomic mass is 14.7. The SMILES string of the molecule is C\C=C/C=C\C=C\C(C)=Nc1ccccc1C. The first-order valence-corrected chi connectivity index (χ1v) is 5.81. The first kappa shape index (κ1) is 13.2. The Morgan fingerprint density at radius 2 is 1.76 bits per heavy atom. The minimum Gasteiger partial charge on any atom is -0.253 e. The molecule has 0 amide bonds. The number of allylic oxidation sites excluding steroid dienone is 6. The number of nitrogens with zero attached hydrogens (tertiary/aromatic N) is 1. The summed E-state index contributed by atoms with van der Waals surface area (Å²) in [6.07, 6.45) is 12.0.